The number of hydrogen-bond acceptors (Lipinski definition) is 5. The average molecular weight is 304 g/mol. The lowest BCUT2D eigenvalue weighted by molar-refractivity contribution is -0.133. The zero-order valence-corrected chi connectivity index (χ0v) is 12.7. The molecule has 4 atom stereocenters. The smallest absolute Gasteiger partial charge is 0.201 e. The van der Waals surface area contributed by atoms with Crippen LogP contribution in [0.15, 0.2) is 35.1 Å². The van der Waals surface area contributed by atoms with E-state index in [-0.39, 0.29) is 23.9 Å². The minimum atomic E-state index is -0.630. The number of rotatable bonds is 2. The second-order valence-corrected chi connectivity index (χ2v) is 6.45. The molecule has 5 heteroatoms. The van der Waals surface area contributed by atoms with Gasteiger partial charge in [0.25, 0.3) is 0 Å². The molecular weight excluding hydrogens is 284 g/mol. The van der Waals surface area contributed by atoms with E-state index < -0.39 is 23.4 Å². The molecule has 0 spiro atoms. The van der Waals surface area contributed by atoms with Crippen molar-refractivity contribution in [3.8, 4) is 0 Å². The Morgan fingerprint density at radius 3 is 2.77 bits per heavy atom. The summed E-state index contributed by atoms with van der Waals surface area (Å²) in [7, 11) is 1.38. The van der Waals surface area contributed by atoms with Gasteiger partial charge in [0.15, 0.2) is 11.5 Å². The first-order valence-corrected chi connectivity index (χ1v) is 7.46. The molecule has 118 valence electrons. The van der Waals surface area contributed by atoms with Gasteiger partial charge in [0.05, 0.1) is 25.7 Å². The fraction of sp³-hybridized carbons (Fsp3) is 0.529. The van der Waals surface area contributed by atoms with Gasteiger partial charge in [-0.25, -0.2) is 0 Å². The van der Waals surface area contributed by atoms with Gasteiger partial charge in [-0.05, 0) is 24.0 Å². The Kier molecular flexibility index (Phi) is 3.57. The maximum absolute atomic E-state index is 12.5. The molecule has 0 amide bonds. The Morgan fingerprint density at radius 2 is 2.14 bits per heavy atom. The molecule has 0 aromatic heterocycles. The number of methoxy groups -OCH3 is 1. The van der Waals surface area contributed by atoms with Crippen molar-refractivity contribution in [1.82, 2.24) is 0 Å². The van der Waals surface area contributed by atoms with E-state index >= 15 is 0 Å². The van der Waals surface area contributed by atoms with Crippen LogP contribution in [0, 0.1) is 17.3 Å². The van der Waals surface area contributed by atoms with Gasteiger partial charge in [-0.1, -0.05) is 19.1 Å². The maximum atomic E-state index is 12.5. The van der Waals surface area contributed by atoms with E-state index in [2.05, 4.69) is 0 Å². The van der Waals surface area contributed by atoms with E-state index in [0.717, 1.165) is 11.1 Å². The molecule has 0 saturated carbocycles. The number of Topliss-reactive ketones (excluding diaryl/α,β-unsaturated/α-hetero) is 1. The van der Waals surface area contributed by atoms with Crippen LogP contribution in [0.25, 0.3) is 0 Å². The number of fused-ring (bicyclic) bond motifs is 2. The standard InChI is InChI=1S/C17H20O5/c1-17-7-11-10(13(19)6-14(22-2)16(11)21)5-12(17)9(8-18)3-4-15(17)20/h3,5-6,10-11,15,18,20H,4,7-8H2,1-2H3. The lowest BCUT2D eigenvalue weighted by atomic mass is 9.57. The van der Waals surface area contributed by atoms with Crippen molar-refractivity contribution in [2.45, 2.75) is 25.9 Å². The van der Waals surface area contributed by atoms with Crippen molar-refractivity contribution >= 4 is 11.6 Å². The molecule has 3 aliphatic rings. The van der Waals surface area contributed by atoms with Crippen LogP contribution < -0.4 is 0 Å². The highest BCUT2D eigenvalue weighted by molar-refractivity contribution is 6.10. The van der Waals surface area contributed by atoms with Gasteiger partial charge in [-0.2, -0.15) is 0 Å². The lowest BCUT2D eigenvalue weighted by Gasteiger charge is -2.47. The van der Waals surface area contributed by atoms with Crippen LogP contribution in [0.1, 0.15) is 19.8 Å². The Hall–Kier alpha value is -1.72. The summed E-state index contributed by atoms with van der Waals surface area (Å²) in [4.78, 5) is 24.8. The highest BCUT2D eigenvalue weighted by Crippen LogP contribution is 2.52. The second kappa shape index (κ2) is 5.18. The minimum absolute atomic E-state index is 0.0925. The molecule has 0 saturated heterocycles. The third-order valence-corrected chi connectivity index (χ3v) is 5.28. The minimum Gasteiger partial charge on any atom is -0.493 e. The number of carbonyl (C=O) groups is 2. The fourth-order valence-electron chi connectivity index (χ4n) is 3.92. The number of carbonyl (C=O) groups excluding carboxylic acids is 2. The maximum Gasteiger partial charge on any atom is 0.201 e. The van der Waals surface area contributed by atoms with E-state index in [1.165, 1.54) is 13.2 Å². The van der Waals surface area contributed by atoms with Crippen LogP contribution in [0.2, 0.25) is 0 Å². The Labute approximate surface area is 129 Å². The van der Waals surface area contributed by atoms with Crippen molar-refractivity contribution < 1.29 is 24.5 Å². The molecule has 4 unspecified atom stereocenters. The van der Waals surface area contributed by atoms with Gasteiger partial charge in [0, 0.05) is 17.4 Å². The van der Waals surface area contributed by atoms with E-state index in [1.54, 1.807) is 6.08 Å². The molecule has 0 radical (unpaired) electrons. The van der Waals surface area contributed by atoms with Gasteiger partial charge < -0.3 is 14.9 Å². The van der Waals surface area contributed by atoms with Crippen molar-refractivity contribution in [3.63, 3.8) is 0 Å². The Bertz CT molecular complexity index is 627. The van der Waals surface area contributed by atoms with Crippen molar-refractivity contribution in [2.24, 2.45) is 17.3 Å². The molecule has 2 N–H and O–H groups in total. The summed E-state index contributed by atoms with van der Waals surface area (Å²) >= 11 is 0. The number of hydrogen-bond donors (Lipinski definition) is 2. The van der Waals surface area contributed by atoms with Crippen LogP contribution in [0.5, 0.6) is 0 Å². The fourth-order valence-corrected chi connectivity index (χ4v) is 3.92. The summed E-state index contributed by atoms with van der Waals surface area (Å²) in [5.74, 6) is -1.29. The molecule has 0 bridgehead atoms. The van der Waals surface area contributed by atoms with Crippen LogP contribution in [0.3, 0.4) is 0 Å². The van der Waals surface area contributed by atoms with Crippen LogP contribution in [-0.2, 0) is 14.3 Å². The average Bonchev–Trinajstić information content (AvgIpc) is 2.51. The summed E-state index contributed by atoms with van der Waals surface area (Å²) in [6, 6.07) is 0. The van der Waals surface area contributed by atoms with Gasteiger partial charge in [-0.3, -0.25) is 9.59 Å². The monoisotopic (exact) mass is 304 g/mol. The molecule has 0 aliphatic heterocycles. The third kappa shape index (κ3) is 2.00. The van der Waals surface area contributed by atoms with E-state index in [9.17, 15) is 19.8 Å². The Balaban J connectivity index is 2.11. The number of ketones is 2. The molecule has 3 aliphatic carbocycles. The first-order valence-electron chi connectivity index (χ1n) is 7.46. The topological polar surface area (TPSA) is 83.8 Å². The molecule has 0 aromatic carbocycles. The number of allylic oxidation sites excluding steroid dienone is 3. The Morgan fingerprint density at radius 1 is 1.41 bits per heavy atom. The zero-order chi connectivity index (χ0) is 16.1. The number of ether oxygens (including phenoxy) is 1. The van der Waals surface area contributed by atoms with Crippen LogP contribution >= 0.6 is 0 Å². The van der Waals surface area contributed by atoms with Crippen molar-refractivity contribution in [1.29, 1.82) is 0 Å². The highest BCUT2D eigenvalue weighted by atomic mass is 16.5. The summed E-state index contributed by atoms with van der Waals surface area (Å²) in [6.07, 6.45) is 5.02. The molecular formula is C17H20O5. The van der Waals surface area contributed by atoms with Crippen LogP contribution in [0.4, 0.5) is 0 Å². The number of aliphatic hydroxyl groups excluding tert-OH is 2. The van der Waals surface area contributed by atoms with Crippen molar-refractivity contribution in [2.75, 3.05) is 13.7 Å². The molecule has 3 rings (SSSR count). The van der Waals surface area contributed by atoms with E-state index in [4.69, 9.17) is 4.74 Å². The SMILES string of the molecule is COC1=CC(=O)C2C=C3C(CO)=CCC(O)C3(C)CC2C1=O. The second-order valence-electron chi connectivity index (χ2n) is 6.45. The predicted molar refractivity (Wildman–Crippen MR) is 78.7 cm³/mol. The van der Waals surface area contributed by atoms with Gasteiger partial charge in [0.1, 0.15) is 0 Å². The summed E-state index contributed by atoms with van der Waals surface area (Å²) < 4.78 is 5.02. The van der Waals surface area contributed by atoms with Gasteiger partial charge in [-0.15, -0.1) is 0 Å². The van der Waals surface area contributed by atoms with Gasteiger partial charge >= 0.3 is 0 Å². The molecule has 0 aromatic rings. The summed E-state index contributed by atoms with van der Waals surface area (Å²) in [6.45, 7) is 1.76. The first-order chi connectivity index (χ1) is 10.4. The normalized spacial score (nSPS) is 37.6. The predicted octanol–water partition coefficient (Wildman–Crippen LogP) is 0.921. The van der Waals surface area contributed by atoms with E-state index in [1.807, 2.05) is 13.0 Å². The van der Waals surface area contributed by atoms with Gasteiger partial charge in [0.2, 0.25) is 5.78 Å². The highest BCUT2D eigenvalue weighted by Gasteiger charge is 2.51. The van der Waals surface area contributed by atoms with E-state index in [0.29, 0.717) is 12.8 Å². The summed E-state index contributed by atoms with van der Waals surface area (Å²) in [5, 5.41) is 20.0. The molecule has 22 heavy (non-hydrogen) atoms. The first kappa shape index (κ1) is 15.2. The zero-order valence-electron chi connectivity index (χ0n) is 12.7. The molecule has 0 heterocycles. The lowest BCUT2D eigenvalue weighted by Crippen LogP contribution is -2.48. The molecule has 0 fully saturated rings. The quantitative estimate of drug-likeness (QED) is 0.792. The van der Waals surface area contributed by atoms with Crippen LogP contribution in [-0.4, -0.2) is 41.6 Å². The third-order valence-electron chi connectivity index (χ3n) is 5.28. The molecule has 5 nitrogen and oxygen atoms in total. The summed E-state index contributed by atoms with van der Waals surface area (Å²) in [5.41, 5.74) is 0.915. The van der Waals surface area contributed by atoms with Crippen molar-refractivity contribution in [3.05, 3.63) is 35.1 Å². The largest absolute Gasteiger partial charge is 0.493 e. The number of aliphatic hydroxyl groups is 2.